The number of anilines is 1. The topological polar surface area (TPSA) is 96.4 Å². The summed E-state index contributed by atoms with van der Waals surface area (Å²) >= 11 is 0. The van der Waals surface area contributed by atoms with Crippen molar-refractivity contribution in [2.75, 3.05) is 11.9 Å². The van der Waals surface area contributed by atoms with Gasteiger partial charge in [0.1, 0.15) is 24.5 Å². The summed E-state index contributed by atoms with van der Waals surface area (Å²) in [4.78, 5) is 18.1. The number of hydrogen-bond acceptors (Lipinski definition) is 7. The maximum Gasteiger partial charge on any atom is 0.416 e. The van der Waals surface area contributed by atoms with Gasteiger partial charge in [-0.05, 0) is 44.0 Å². The van der Waals surface area contributed by atoms with Crippen LogP contribution in [0.3, 0.4) is 0 Å². The molecule has 0 saturated heterocycles. The molecule has 0 N–H and O–H groups in total. The predicted octanol–water partition coefficient (Wildman–Crippen LogP) is 5.20. The van der Waals surface area contributed by atoms with Gasteiger partial charge in [-0.3, -0.25) is 0 Å². The number of alkyl halides is 5. The van der Waals surface area contributed by atoms with E-state index in [9.17, 15) is 13.2 Å². The van der Waals surface area contributed by atoms with Crippen molar-refractivity contribution in [3.05, 3.63) is 65.6 Å². The van der Waals surface area contributed by atoms with Crippen molar-refractivity contribution in [2.45, 2.75) is 37.9 Å². The van der Waals surface area contributed by atoms with Crippen LogP contribution in [0.2, 0.25) is 0 Å². The molecule has 1 aliphatic carbocycles. The van der Waals surface area contributed by atoms with Crippen LogP contribution >= 0.6 is 0 Å². The fourth-order valence-electron chi connectivity index (χ4n) is 4.17. The quantitative estimate of drug-likeness (QED) is 0.327. The third kappa shape index (κ3) is 4.32. The summed E-state index contributed by atoms with van der Waals surface area (Å²) in [6, 6.07) is 5.77. The number of pyridine rings is 1. The van der Waals surface area contributed by atoms with Gasteiger partial charge in [-0.15, -0.1) is 0 Å². The minimum atomic E-state index is -4.85. The van der Waals surface area contributed by atoms with Gasteiger partial charge in [-0.1, -0.05) is 0 Å². The molecule has 8 nitrogen and oxygen atoms in total. The highest BCUT2D eigenvalue weighted by molar-refractivity contribution is 5.92. The van der Waals surface area contributed by atoms with Crippen molar-refractivity contribution >= 4 is 16.7 Å². The zero-order valence-corrected chi connectivity index (χ0v) is 19.6. The molecule has 0 amide bonds. The van der Waals surface area contributed by atoms with E-state index in [0.717, 1.165) is 12.4 Å². The van der Waals surface area contributed by atoms with E-state index < -0.39 is 35.2 Å². The Morgan fingerprint density at radius 1 is 1.05 bits per heavy atom. The van der Waals surface area contributed by atoms with Gasteiger partial charge in [0.05, 0.1) is 22.7 Å². The lowest BCUT2D eigenvalue weighted by molar-refractivity contribution is -0.137. The number of aromatic nitrogens is 6. The first kappa shape index (κ1) is 24.5. The van der Waals surface area contributed by atoms with Gasteiger partial charge in [0.15, 0.2) is 11.6 Å². The lowest BCUT2D eigenvalue weighted by Gasteiger charge is -2.27. The van der Waals surface area contributed by atoms with Gasteiger partial charge in [-0.2, -0.15) is 28.2 Å². The van der Waals surface area contributed by atoms with E-state index in [0.29, 0.717) is 23.3 Å². The second-order valence-electron chi connectivity index (χ2n) is 8.85. The molecule has 5 rings (SSSR count). The Bertz CT molecular complexity index is 1500. The standard InChI is InChI=1S/C24H19F5N8/c1-13(21-34-12-35-37(21)19-6-3-14(9-30)10-31-19)36(2)22-17-7-16(24(27,28)29)8-18(20(17)32-11-33-22)23(25,26)15-4-5-15/h3,6-8,10-13,15H,4-5H2,1-2H3/t13-/m0/s1. The van der Waals surface area contributed by atoms with E-state index in [1.165, 1.54) is 22.1 Å². The zero-order chi connectivity index (χ0) is 26.5. The average Bonchev–Trinajstić information content (AvgIpc) is 3.64. The number of fused-ring (bicyclic) bond motifs is 1. The van der Waals surface area contributed by atoms with Crippen LogP contribution in [-0.4, -0.2) is 36.8 Å². The van der Waals surface area contributed by atoms with Crippen molar-refractivity contribution in [3.63, 3.8) is 0 Å². The van der Waals surface area contributed by atoms with Crippen molar-refractivity contribution in [1.82, 2.24) is 29.7 Å². The largest absolute Gasteiger partial charge is 0.416 e. The maximum atomic E-state index is 15.2. The van der Waals surface area contributed by atoms with Crippen LogP contribution in [0.5, 0.6) is 0 Å². The van der Waals surface area contributed by atoms with Gasteiger partial charge >= 0.3 is 6.18 Å². The summed E-state index contributed by atoms with van der Waals surface area (Å²) in [5.41, 5.74) is -1.83. The first-order valence-corrected chi connectivity index (χ1v) is 11.3. The molecular formula is C24H19F5N8. The third-order valence-corrected chi connectivity index (χ3v) is 6.45. The van der Waals surface area contributed by atoms with Crippen LogP contribution in [0.4, 0.5) is 27.8 Å². The van der Waals surface area contributed by atoms with Crippen molar-refractivity contribution in [1.29, 1.82) is 5.26 Å². The van der Waals surface area contributed by atoms with Gasteiger partial charge in [0, 0.05) is 30.1 Å². The second-order valence-corrected chi connectivity index (χ2v) is 8.85. The maximum absolute atomic E-state index is 15.2. The van der Waals surface area contributed by atoms with Gasteiger partial charge in [0.25, 0.3) is 5.92 Å². The number of hydrogen-bond donors (Lipinski definition) is 0. The Morgan fingerprint density at radius 2 is 1.81 bits per heavy atom. The SMILES string of the molecule is C[C@@H](c1ncnn1-c1ccc(C#N)cn1)N(C)c1ncnc2c(C(F)(F)C3CC3)cc(C(F)(F)F)cc12. The molecule has 0 unspecified atom stereocenters. The summed E-state index contributed by atoms with van der Waals surface area (Å²) in [6.07, 6.45) is -0.660. The molecule has 4 aromatic rings. The van der Waals surface area contributed by atoms with Gasteiger partial charge in [-0.25, -0.2) is 28.7 Å². The molecule has 190 valence electrons. The monoisotopic (exact) mass is 514 g/mol. The fourth-order valence-corrected chi connectivity index (χ4v) is 4.17. The van der Waals surface area contributed by atoms with E-state index in [1.54, 1.807) is 26.1 Å². The van der Waals surface area contributed by atoms with E-state index in [1.807, 2.05) is 6.07 Å². The van der Waals surface area contributed by atoms with Crippen molar-refractivity contribution in [3.8, 4) is 11.9 Å². The summed E-state index contributed by atoms with van der Waals surface area (Å²) in [5, 5.41) is 13.0. The van der Waals surface area contributed by atoms with E-state index in [-0.39, 0.29) is 29.6 Å². The van der Waals surface area contributed by atoms with Crippen molar-refractivity contribution < 1.29 is 22.0 Å². The van der Waals surface area contributed by atoms with E-state index in [2.05, 4.69) is 25.0 Å². The highest BCUT2D eigenvalue weighted by Gasteiger charge is 2.50. The first-order chi connectivity index (χ1) is 17.5. The number of halogens is 5. The Kier molecular flexibility index (Phi) is 5.77. The molecule has 0 aliphatic heterocycles. The molecule has 1 saturated carbocycles. The summed E-state index contributed by atoms with van der Waals surface area (Å²) in [6.45, 7) is 1.71. The lowest BCUT2D eigenvalue weighted by Crippen LogP contribution is -2.26. The number of nitrogens with zero attached hydrogens (tertiary/aromatic N) is 8. The normalized spacial score (nSPS) is 15.0. The molecular weight excluding hydrogens is 495 g/mol. The van der Waals surface area contributed by atoms with E-state index in [4.69, 9.17) is 5.26 Å². The molecule has 0 bridgehead atoms. The molecule has 3 aromatic heterocycles. The van der Waals surface area contributed by atoms with Crippen molar-refractivity contribution in [2.24, 2.45) is 5.92 Å². The average molecular weight is 514 g/mol. The first-order valence-electron chi connectivity index (χ1n) is 11.3. The molecule has 1 atom stereocenters. The molecule has 0 spiro atoms. The molecule has 37 heavy (non-hydrogen) atoms. The molecule has 1 aromatic carbocycles. The highest BCUT2D eigenvalue weighted by atomic mass is 19.4. The predicted molar refractivity (Wildman–Crippen MR) is 122 cm³/mol. The van der Waals surface area contributed by atoms with Crippen LogP contribution < -0.4 is 4.90 Å². The Balaban J connectivity index is 1.61. The number of benzene rings is 1. The minimum absolute atomic E-state index is 0.0267. The molecule has 1 aliphatic rings. The van der Waals surface area contributed by atoms with Crippen LogP contribution in [0.25, 0.3) is 16.7 Å². The zero-order valence-electron chi connectivity index (χ0n) is 19.6. The second kappa shape index (κ2) is 8.72. The van der Waals surface area contributed by atoms with Crippen LogP contribution in [0, 0.1) is 17.2 Å². The van der Waals surface area contributed by atoms with Crippen LogP contribution in [0.1, 0.15) is 48.3 Å². The number of nitriles is 1. The molecule has 1 fully saturated rings. The Hall–Kier alpha value is -4.21. The van der Waals surface area contributed by atoms with Crippen LogP contribution in [-0.2, 0) is 12.1 Å². The summed E-state index contributed by atoms with van der Waals surface area (Å²) < 4.78 is 73.0. The third-order valence-electron chi connectivity index (χ3n) is 6.45. The molecule has 3 heterocycles. The summed E-state index contributed by atoms with van der Waals surface area (Å²) in [5.74, 6) is -3.73. The molecule has 13 heteroatoms. The fraction of sp³-hybridized carbons (Fsp3) is 0.333. The highest BCUT2D eigenvalue weighted by Crippen LogP contribution is 2.52. The van der Waals surface area contributed by atoms with E-state index >= 15 is 8.78 Å². The Labute approximate surface area is 207 Å². The van der Waals surface area contributed by atoms with Gasteiger partial charge < -0.3 is 4.90 Å². The van der Waals surface area contributed by atoms with Gasteiger partial charge in [0.2, 0.25) is 0 Å². The Morgan fingerprint density at radius 3 is 2.43 bits per heavy atom. The van der Waals surface area contributed by atoms with Crippen LogP contribution in [0.15, 0.2) is 43.1 Å². The number of rotatable bonds is 6. The molecule has 0 radical (unpaired) electrons. The summed E-state index contributed by atoms with van der Waals surface area (Å²) in [7, 11) is 1.57. The lowest BCUT2D eigenvalue weighted by atomic mass is 9.97. The smallest absolute Gasteiger partial charge is 0.349 e. The minimum Gasteiger partial charge on any atom is -0.349 e.